The van der Waals surface area contributed by atoms with Gasteiger partial charge >= 0.3 is 0 Å². The van der Waals surface area contributed by atoms with E-state index in [1.54, 1.807) is 0 Å². The molecule has 58 heavy (non-hydrogen) atoms. The Morgan fingerprint density at radius 2 is 0.897 bits per heavy atom. The third-order valence-electron chi connectivity index (χ3n) is 11.5. The van der Waals surface area contributed by atoms with Gasteiger partial charge in [-0.05, 0) is 88.5 Å². The first-order valence-electron chi connectivity index (χ1n) is 19.6. The lowest BCUT2D eigenvalue weighted by atomic mass is 9.94. The lowest BCUT2D eigenvalue weighted by Gasteiger charge is -2.27. The van der Waals surface area contributed by atoms with Crippen molar-refractivity contribution < 1.29 is 8.83 Å². The number of hydrogen-bond donors (Lipinski definition) is 0. The quantitative estimate of drug-likeness (QED) is 0.169. The van der Waals surface area contributed by atoms with E-state index in [-0.39, 0.29) is 0 Å². The second kappa shape index (κ2) is 13.1. The molecular weight excluding hydrogens is 727 g/mol. The summed E-state index contributed by atoms with van der Waals surface area (Å²) in [6.07, 6.45) is 0. The highest BCUT2D eigenvalue weighted by molar-refractivity contribution is 7.26. The summed E-state index contributed by atoms with van der Waals surface area (Å²) in [4.78, 5) is 2.43. The summed E-state index contributed by atoms with van der Waals surface area (Å²) in [6.45, 7) is 0. The van der Waals surface area contributed by atoms with Gasteiger partial charge in [0.05, 0.1) is 5.69 Å². The predicted molar refractivity (Wildman–Crippen MR) is 245 cm³/mol. The number of hydrogen-bond acceptors (Lipinski definition) is 4. The molecule has 9 aromatic carbocycles. The zero-order chi connectivity index (χ0) is 38.2. The number of nitrogens with zero attached hydrogens (tertiary/aromatic N) is 1. The van der Waals surface area contributed by atoms with Crippen LogP contribution in [0.3, 0.4) is 0 Å². The molecule has 0 saturated heterocycles. The summed E-state index contributed by atoms with van der Waals surface area (Å²) in [5.74, 6) is 0. The van der Waals surface area contributed by atoms with Crippen molar-refractivity contribution in [3.05, 3.63) is 200 Å². The fourth-order valence-electron chi connectivity index (χ4n) is 8.83. The molecule has 0 fully saturated rings. The summed E-state index contributed by atoms with van der Waals surface area (Å²) >= 11 is 1.86. The van der Waals surface area contributed by atoms with Gasteiger partial charge in [0.25, 0.3) is 0 Å². The van der Waals surface area contributed by atoms with Crippen LogP contribution in [0.1, 0.15) is 0 Å². The van der Waals surface area contributed by atoms with Gasteiger partial charge < -0.3 is 13.7 Å². The largest absolute Gasteiger partial charge is 0.456 e. The summed E-state index contributed by atoms with van der Waals surface area (Å²) in [5, 5.41) is 6.82. The minimum absolute atomic E-state index is 0.848. The Kier molecular flexibility index (Phi) is 7.40. The van der Waals surface area contributed by atoms with Crippen LogP contribution in [-0.4, -0.2) is 0 Å². The Bertz CT molecular complexity index is 3510. The van der Waals surface area contributed by atoms with Gasteiger partial charge in [-0.25, -0.2) is 0 Å². The van der Waals surface area contributed by atoms with E-state index in [0.29, 0.717) is 0 Å². The van der Waals surface area contributed by atoms with Crippen LogP contribution in [0.2, 0.25) is 0 Å². The van der Waals surface area contributed by atoms with Crippen molar-refractivity contribution in [1.29, 1.82) is 0 Å². The molecule has 0 bridgehead atoms. The van der Waals surface area contributed by atoms with E-state index in [0.717, 1.165) is 83.2 Å². The van der Waals surface area contributed by atoms with Gasteiger partial charge in [-0.15, -0.1) is 11.3 Å². The molecule has 0 radical (unpaired) electrons. The molecule has 0 aliphatic rings. The summed E-state index contributed by atoms with van der Waals surface area (Å²) < 4.78 is 15.8. The normalized spacial score (nSPS) is 11.8. The molecule has 3 nitrogen and oxygen atoms in total. The minimum Gasteiger partial charge on any atom is -0.456 e. The van der Waals surface area contributed by atoms with Crippen LogP contribution in [0.15, 0.2) is 209 Å². The van der Waals surface area contributed by atoms with Crippen molar-refractivity contribution in [1.82, 2.24) is 0 Å². The third-order valence-corrected chi connectivity index (χ3v) is 12.7. The minimum atomic E-state index is 0.848. The molecule has 0 saturated carbocycles. The van der Waals surface area contributed by atoms with E-state index >= 15 is 0 Å². The second-order valence-electron chi connectivity index (χ2n) is 14.8. The summed E-state index contributed by atoms with van der Waals surface area (Å²) in [7, 11) is 0. The Morgan fingerprint density at radius 3 is 1.62 bits per heavy atom. The molecule has 0 aliphatic heterocycles. The van der Waals surface area contributed by atoms with Crippen molar-refractivity contribution in [3.8, 4) is 33.4 Å². The number of para-hydroxylation sites is 1. The van der Waals surface area contributed by atoms with Crippen LogP contribution in [0.5, 0.6) is 0 Å². The van der Waals surface area contributed by atoms with Gasteiger partial charge in [0.1, 0.15) is 22.3 Å². The summed E-state index contributed by atoms with van der Waals surface area (Å²) in [6, 6.07) is 71.4. The van der Waals surface area contributed by atoms with Crippen LogP contribution >= 0.6 is 11.3 Å². The summed E-state index contributed by atoms with van der Waals surface area (Å²) in [5.41, 5.74) is 13.6. The zero-order valence-corrected chi connectivity index (χ0v) is 32.0. The fraction of sp³-hybridized carbons (Fsp3) is 0. The monoisotopic (exact) mass is 759 g/mol. The number of furan rings is 2. The lowest BCUT2D eigenvalue weighted by Crippen LogP contribution is -2.10. The van der Waals surface area contributed by atoms with Crippen LogP contribution in [0, 0.1) is 0 Å². The SMILES string of the molecule is c1ccc(-c2ccc(-c3ccccc3)c3c2oc2ccc(N(c4ccc5oc6ccccc6c5c4)c4ccc(-c5ccccc5)c5sc6ccccc6c45)cc23)cc1. The van der Waals surface area contributed by atoms with E-state index in [1.807, 2.05) is 23.5 Å². The molecule has 0 aliphatic carbocycles. The van der Waals surface area contributed by atoms with Gasteiger partial charge in [0.15, 0.2) is 0 Å². The maximum atomic E-state index is 6.89. The molecule has 3 aromatic heterocycles. The molecule has 0 spiro atoms. The first-order valence-corrected chi connectivity index (χ1v) is 20.4. The first-order chi connectivity index (χ1) is 28.8. The van der Waals surface area contributed by atoms with Crippen molar-refractivity contribution in [2.45, 2.75) is 0 Å². The van der Waals surface area contributed by atoms with Crippen molar-refractivity contribution in [2.75, 3.05) is 4.90 Å². The molecule has 272 valence electrons. The molecule has 4 heteroatoms. The average Bonchev–Trinajstić information content (AvgIpc) is 3.99. The van der Waals surface area contributed by atoms with E-state index in [9.17, 15) is 0 Å². The number of benzene rings is 9. The second-order valence-corrected chi connectivity index (χ2v) is 15.8. The van der Waals surface area contributed by atoms with Crippen LogP contribution in [0.25, 0.3) is 97.4 Å². The van der Waals surface area contributed by atoms with E-state index < -0.39 is 0 Å². The highest BCUT2D eigenvalue weighted by Gasteiger charge is 2.24. The number of fused-ring (bicyclic) bond motifs is 9. The van der Waals surface area contributed by atoms with E-state index in [1.165, 1.54) is 31.3 Å². The Labute approximate surface area is 338 Å². The fourth-order valence-corrected chi connectivity index (χ4v) is 10.1. The smallest absolute Gasteiger partial charge is 0.143 e. The predicted octanol–water partition coefficient (Wildman–Crippen LogP) is 16.3. The standard InChI is InChI=1S/C54H33NO2S/c1-4-14-34(15-5-1)39-26-27-40(35-16-6-2-7-17-35)53-51(39)45-33-38(25-31-49(45)57-53)55(37-24-30-48-44(32-37)42-20-10-12-22-47(42)56-48)46-29-28-41(36-18-8-3-9-19-36)54-52(46)43-21-11-13-23-50(43)58-54/h1-33H. The van der Waals surface area contributed by atoms with E-state index in [2.05, 4.69) is 193 Å². The molecule has 3 heterocycles. The molecule has 12 rings (SSSR count). The van der Waals surface area contributed by atoms with Gasteiger partial charge in [-0.1, -0.05) is 140 Å². The number of anilines is 3. The highest BCUT2D eigenvalue weighted by atomic mass is 32.1. The molecule has 0 atom stereocenters. The number of thiophene rings is 1. The first kappa shape index (κ1) is 32.8. The molecular formula is C54H33NO2S. The van der Waals surface area contributed by atoms with Crippen molar-refractivity contribution in [2.24, 2.45) is 0 Å². The van der Waals surface area contributed by atoms with Gasteiger partial charge in [-0.2, -0.15) is 0 Å². The topological polar surface area (TPSA) is 29.5 Å². The zero-order valence-electron chi connectivity index (χ0n) is 31.2. The van der Waals surface area contributed by atoms with Crippen LogP contribution in [-0.2, 0) is 0 Å². The Hall–Kier alpha value is -7.40. The van der Waals surface area contributed by atoms with Crippen molar-refractivity contribution in [3.63, 3.8) is 0 Å². The molecule has 0 unspecified atom stereocenters. The molecule has 0 amide bonds. The maximum absolute atomic E-state index is 6.89. The average molecular weight is 760 g/mol. The Balaban J connectivity index is 1.17. The highest BCUT2D eigenvalue weighted by Crippen LogP contribution is 2.50. The Morgan fingerprint density at radius 1 is 0.362 bits per heavy atom. The lowest BCUT2D eigenvalue weighted by molar-refractivity contribution is 0.669. The van der Waals surface area contributed by atoms with Gasteiger partial charge in [-0.3, -0.25) is 0 Å². The van der Waals surface area contributed by atoms with Crippen molar-refractivity contribution >= 4 is 92.4 Å². The number of rotatable bonds is 6. The van der Waals surface area contributed by atoms with Gasteiger partial charge in [0, 0.05) is 58.7 Å². The maximum Gasteiger partial charge on any atom is 0.143 e. The van der Waals surface area contributed by atoms with Crippen LogP contribution in [0.4, 0.5) is 17.1 Å². The third kappa shape index (κ3) is 5.12. The molecule has 12 aromatic rings. The van der Waals surface area contributed by atoms with Gasteiger partial charge in [0.2, 0.25) is 0 Å². The van der Waals surface area contributed by atoms with E-state index in [4.69, 9.17) is 8.83 Å². The van der Waals surface area contributed by atoms with Crippen LogP contribution < -0.4 is 4.90 Å². The molecule has 0 N–H and O–H groups in total.